The number of anilines is 1. The van der Waals surface area contributed by atoms with Gasteiger partial charge < -0.3 is 14.5 Å². The highest BCUT2D eigenvalue weighted by Gasteiger charge is 2.58. The van der Waals surface area contributed by atoms with Crippen LogP contribution in [0.1, 0.15) is 81.1 Å². The van der Waals surface area contributed by atoms with E-state index in [-0.39, 0.29) is 18.2 Å². The second-order valence-electron chi connectivity index (χ2n) is 10.0. The molecule has 2 atom stereocenters. The molecule has 3 saturated heterocycles. The van der Waals surface area contributed by atoms with Crippen molar-refractivity contribution < 1.29 is 9.53 Å². The molecule has 6 nitrogen and oxygen atoms in total. The lowest BCUT2D eigenvalue weighted by atomic mass is 9.88. The molecule has 0 N–H and O–H groups in total. The monoisotopic (exact) mass is 466 g/mol. The fourth-order valence-corrected chi connectivity index (χ4v) is 6.46. The zero-order valence-corrected chi connectivity index (χ0v) is 19.7. The molecule has 0 bridgehead atoms. The molecule has 1 spiro atoms. The van der Waals surface area contributed by atoms with Crippen LogP contribution in [0.25, 0.3) is 0 Å². The summed E-state index contributed by atoms with van der Waals surface area (Å²) in [4.78, 5) is 27.4. The van der Waals surface area contributed by atoms with Gasteiger partial charge in [0, 0.05) is 37.9 Å². The molecule has 4 aliphatic rings. The van der Waals surface area contributed by atoms with Gasteiger partial charge in [0.1, 0.15) is 23.0 Å². The maximum atomic E-state index is 13.6. The molecule has 0 unspecified atom stereocenters. The zero-order valence-electron chi connectivity index (χ0n) is 19.0. The first-order valence-electron chi connectivity index (χ1n) is 12.5. The van der Waals surface area contributed by atoms with Crippen molar-refractivity contribution in [3.63, 3.8) is 0 Å². The highest BCUT2D eigenvalue weighted by atomic mass is 35.5. The van der Waals surface area contributed by atoms with Crippen LogP contribution in [0.4, 0.5) is 5.82 Å². The molecule has 1 amide bonds. The summed E-state index contributed by atoms with van der Waals surface area (Å²) in [5.74, 6) is 2.35. The van der Waals surface area contributed by atoms with Gasteiger partial charge in [0.15, 0.2) is 5.60 Å². The maximum Gasteiger partial charge on any atom is 0.257 e. The predicted molar refractivity (Wildman–Crippen MR) is 127 cm³/mol. The first-order chi connectivity index (χ1) is 16.1. The van der Waals surface area contributed by atoms with Crippen molar-refractivity contribution >= 4 is 23.3 Å². The van der Waals surface area contributed by atoms with E-state index in [1.807, 2.05) is 29.2 Å². The molecule has 1 aromatic carbocycles. The van der Waals surface area contributed by atoms with Gasteiger partial charge in [0.2, 0.25) is 0 Å². The normalized spacial score (nSPS) is 27.4. The third-order valence-electron chi connectivity index (χ3n) is 8.07. The van der Waals surface area contributed by atoms with E-state index in [1.165, 1.54) is 24.8 Å². The molecule has 174 valence electrons. The van der Waals surface area contributed by atoms with Crippen molar-refractivity contribution in [3.8, 4) is 0 Å². The van der Waals surface area contributed by atoms with Gasteiger partial charge in [-0.05, 0) is 31.2 Å². The number of amides is 1. The lowest BCUT2D eigenvalue weighted by Gasteiger charge is -2.38. The van der Waals surface area contributed by atoms with Crippen LogP contribution in [0.3, 0.4) is 0 Å². The first kappa shape index (κ1) is 21.4. The number of halogens is 1. The quantitative estimate of drug-likeness (QED) is 0.579. The molecule has 4 fully saturated rings. The molecule has 2 aromatic rings. The minimum atomic E-state index is -0.697. The smallest absolute Gasteiger partial charge is 0.257 e. The fourth-order valence-electron chi connectivity index (χ4n) is 6.27. The van der Waals surface area contributed by atoms with Gasteiger partial charge in [-0.15, -0.1) is 0 Å². The van der Waals surface area contributed by atoms with Crippen molar-refractivity contribution in [2.45, 2.75) is 81.6 Å². The first-order valence-corrected chi connectivity index (χ1v) is 12.9. The van der Waals surface area contributed by atoms with E-state index in [9.17, 15) is 4.79 Å². The van der Waals surface area contributed by atoms with E-state index in [2.05, 4.69) is 22.0 Å². The van der Waals surface area contributed by atoms with E-state index >= 15 is 0 Å². The summed E-state index contributed by atoms with van der Waals surface area (Å²) >= 11 is 6.41. The molecule has 4 heterocycles. The van der Waals surface area contributed by atoms with E-state index < -0.39 is 5.60 Å². The van der Waals surface area contributed by atoms with Crippen LogP contribution >= 0.6 is 11.6 Å². The van der Waals surface area contributed by atoms with Gasteiger partial charge in [-0.2, -0.15) is 0 Å². The van der Waals surface area contributed by atoms with Crippen molar-refractivity contribution in [2.24, 2.45) is 0 Å². The summed E-state index contributed by atoms with van der Waals surface area (Å²) in [7, 11) is 0. The van der Waals surface area contributed by atoms with Crippen LogP contribution in [0.5, 0.6) is 0 Å². The summed E-state index contributed by atoms with van der Waals surface area (Å²) in [6.45, 7) is 1.47. The zero-order chi connectivity index (χ0) is 22.4. The van der Waals surface area contributed by atoms with Crippen molar-refractivity contribution in [3.05, 3.63) is 52.9 Å². The number of fused-ring (bicyclic) bond motifs is 1. The van der Waals surface area contributed by atoms with Crippen molar-refractivity contribution in [2.75, 3.05) is 18.0 Å². The predicted octanol–water partition coefficient (Wildman–Crippen LogP) is 5.24. The SMILES string of the molecule is O=C1N2[C@@H](CC[C@H]2c2ccccc2)OC12CCN(c1cc(Cl)nc(C3CCCCC3)n1)CC2. The highest BCUT2D eigenvalue weighted by Crippen LogP contribution is 2.48. The molecule has 7 heteroatoms. The molecular formula is C26H31ClN4O2. The standard InChI is InChI=1S/C26H31ClN4O2/c27-21-17-22(29-24(28-21)19-9-5-2-6-10-19)30-15-13-26(14-16-30)25(32)31-20(11-12-23(31)33-26)18-7-3-1-4-8-18/h1,3-4,7-8,17,19-20,23H,2,5-6,9-16H2/t20-,23+/m0/s1. The van der Waals surface area contributed by atoms with Gasteiger partial charge in [-0.25, -0.2) is 9.97 Å². The van der Waals surface area contributed by atoms with Crippen LogP contribution in [0, 0.1) is 0 Å². The van der Waals surface area contributed by atoms with Gasteiger partial charge in [0.05, 0.1) is 6.04 Å². The molecule has 1 aromatic heterocycles. The number of nitrogens with zero attached hydrogens (tertiary/aromatic N) is 4. The summed E-state index contributed by atoms with van der Waals surface area (Å²) in [5.41, 5.74) is 0.509. The average Bonchev–Trinajstić information content (AvgIpc) is 3.38. The average molecular weight is 467 g/mol. The number of aromatic nitrogens is 2. The van der Waals surface area contributed by atoms with Gasteiger partial charge >= 0.3 is 0 Å². The minimum Gasteiger partial charge on any atom is -0.356 e. The van der Waals surface area contributed by atoms with Crippen LogP contribution in [0.2, 0.25) is 5.15 Å². The summed E-state index contributed by atoms with van der Waals surface area (Å²) in [6.07, 6.45) is 9.20. The summed E-state index contributed by atoms with van der Waals surface area (Å²) < 4.78 is 6.50. The number of carbonyl (C=O) groups excluding carboxylic acids is 1. The number of piperidine rings is 1. The maximum absolute atomic E-state index is 13.6. The topological polar surface area (TPSA) is 58.6 Å². The summed E-state index contributed by atoms with van der Waals surface area (Å²) in [5, 5.41) is 0.514. The van der Waals surface area contributed by atoms with Crippen molar-refractivity contribution in [1.29, 1.82) is 0 Å². The Morgan fingerprint density at radius 1 is 0.970 bits per heavy atom. The van der Waals surface area contributed by atoms with Crippen LogP contribution in [-0.2, 0) is 9.53 Å². The van der Waals surface area contributed by atoms with E-state index in [0.29, 0.717) is 23.9 Å². The highest BCUT2D eigenvalue weighted by molar-refractivity contribution is 6.29. The Bertz CT molecular complexity index is 1020. The second-order valence-corrected chi connectivity index (χ2v) is 10.4. The number of hydrogen-bond acceptors (Lipinski definition) is 5. The number of carbonyl (C=O) groups is 1. The molecular weight excluding hydrogens is 436 g/mol. The molecule has 1 aliphatic carbocycles. The minimum absolute atomic E-state index is 0.0966. The Morgan fingerprint density at radius 3 is 2.48 bits per heavy atom. The lowest BCUT2D eigenvalue weighted by molar-refractivity contribution is -0.140. The second kappa shape index (κ2) is 8.55. The largest absolute Gasteiger partial charge is 0.356 e. The van der Waals surface area contributed by atoms with Gasteiger partial charge in [0.25, 0.3) is 5.91 Å². The molecule has 33 heavy (non-hydrogen) atoms. The Kier molecular flexibility index (Phi) is 5.53. The Balaban J connectivity index is 1.17. The van der Waals surface area contributed by atoms with Crippen LogP contribution in [0.15, 0.2) is 36.4 Å². The third-order valence-corrected chi connectivity index (χ3v) is 8.26. The number of ether oxygens (including phenoxy) is 1. The number of benzene rings is 1. The van der Waals surface area contributed by atoms with E-state index in [0.717, 1.165) is 50.4 Å². The number of hydrogen-bond donors (Lipinski definition) is 0. The number of rotatable bonds is 3. The molecule has 6 rings (SSSR count). The molecule has 3 aliphatic heterocycles. The lowest BCUT2D eigenvalue weighted by Crippen LogP contribution is -2.50. The Labute approximate surface area is 200 Å². The fraction of sp³-hybridized carbons (Fsp3) is 0.577. The third kappa shape index (κ3) is 3.81. The van der Waals surface area contributed by atoms with Crippen LogP contribution in [-0.4, -0.2) is 45.7 Å². The molecule has 1 saturated carbocycles. The Morgan fingerprint density at radius 2 is 1.73 bits per heavy atom. The molecule has 0 radical (unpaired) electrons. The van der Waals surface area contributed by atoms with E-state index in [1.54, 1.807) is 0 Å². The van der Waals surface area contributed by atoms with Crippen LogP contribution < -0.4 is 4.90 Å². The van der Waals surface area contributed by atoms with Gasteiger partial charge in [-0.1, -0.05) is 61.2 Å². The van der Waals surface area contributed by atoms with E-state index in [4.69, 9.17) is 21.3 Å². The Hall–Kier alpha value is -2.18. The summed E-state index contributed by atoms with van der Waals surface area (Å²) in [6, 6.07) is 12.4. The van der Waals surface area contributed by atoms with Crippen molar-refractivity contribution in [1.82, 2.24) is 14.9 Å². The van der Waals surface area contributed by atoms with Gasteiger partial charge in [-0.3, -0.25) is 4.79 Å².